The molecule has 20 heavy (non-hydrogen) atoms. The summed E-state index contributed by atoms with van der Waals surface area (Å²) >= 11 is 0. The van der Waals surface area contributed by atoms with Crippen molar-refractivity contribution in [2.75, 3.05) is 0 Å². The third-order valence-electron chi connectivity index (χ3n) is 4.39. The molecular weight excluding hydrogens is 242 g/mol. The molecule has 1 aliphatic carbocycles. The van der Waals surface area contributed by atoms with E-state index in [0.29, 0.717) is 10.8 Å². The Labute approximate surface area is 125 Å². The van der Waals surface area contributed by atoms with Gasteiger partial charge in [-0.25, -0.2) is 0 Å². The Kier molecular flexibility index (Phi) is 4.27. The van der Waals surface area contributed by atoms with Gasteiger partial charge in [-0.15, -0.1) is 0 Å². The summed E-state index contributed by atoms with van der Waals surface area (Å²) in [5, 5.41) is 0. The molecule has 1 fully saturated rings. The standard InChI is InChI=1S/C19H31N/c1-14-7-8-17(20-13-14)12-19(5,6)11-16-9-15(16)10-18(2,3)4/h7-8,13,15-16H,9-12H2,1-6H3. The zero-order chi connectivity index (χ0) is 15.0. The Morgan fingerprint density at radius 1 is 1.05 bits per heavy atom. The predicted octanol–water partition coefficient (Wildman–Crippen LogP) is 5.42. The van der Waals surface area contributed by atoms with Crippen molar-refractivity contribution >= 4 is 0 Å². The Morgan fingerprint density at radius 2 is 1.70 bits per heavy atom. The van der Waals surface area contributed by atoms with Gasteiger partial charge in [0.25, 0.3) is 0 Å². The van der Waals surface area contributed by atoms with Gasteiger partial charge in [-0.1, -0.05) is 40.7 Å². The fourth-order valence-corrected chi connectivity index (χ4v) is 3.47. The number of aromatic nitrogens is 1. The number of hydrogen-bond donors (Lipinski definition) is 0. The van der Waals surface area contributed by atoms with Gasteiger partial charge in [0.15, 0.2) is 0 Å². The van der Waals surface area contributed by atoms with Gasteiger partial charge in [0.05, 0.1) is 0 Å². The van der Waals surface area contributed by atoms with Gasteiger partial charge in [-0.2, -0.15) is 0 Å². The third kappa shape index (κ3) is 4.92. The number of rotatable bonds is 5. The fourth-order valence-electron chi connectivity index (χ4n) is 3.47. The minimum atomic E-state index is 0.375. The van der Waals surface area contributed by atoms with Crippen LogP contribution in [0.5, 0.6) is 0 Å². The fraction of sp³-hybridized carbons (Fsp3) is 0.737. The summed E-state index contributed by atoms with van der Waals surface area (Å²) in [5.41, 5.74) is 3.36. The molecule has 0 bridgehead atoms. The maximum atomic E-state index is 4.57. The topological polar surface area (TPSA) is 12.9 Å². The molecule has 0 spiro atoms. The lowest BCUT2D eigenvalue weighted by atomic mass is 9.81. The zero-order valence-electron chi connectivity index (χ0n) is 14.2. The Balaban J connectivity index is 1.84. The molecule has 112 valence electrons. The monoisotopic (exact) mass is 273 g/mol. The molecule has 0 aliphatic heterocycles. The maximum absolute atomic E-state index is 4.57. The molecule has 1 heterocycles. The molecule has 2 atom stereocenters. The second-order valence-corrected chi connectivity index (χ2v) is 8.89. The van der Waals surface area contributed by atoms with E-state index in [0.717, 1.165) is 18.3 Å². The molecule has 0 amide bonds. The lowest BCUT2D eigenvalue weighted by molar-refractivity contribution is 0.283. The quantitative estimate of drug-likeness (QED) is 0.698. The molecule has 2 unspecified atom stereocenters. The number of aryl methyl sites for hydroxylation is 1. The van der Waals surface area contributed by atoms with E-state index in [4.69, 9.17) is 0 Å². The van der Waals surface area contributed by atoms with Crippen LogP contribution in [0, 0.1) is 29.6 Å². The number of hydrogen-bond acceptors (Lipinski definition) is 1. The second kappa shape index (κ2) is 5.50. The van der Waals surface area contributed by atoms with Crippen molar-refractivity contribution in [2.24, 2.45) is 22.7 Å². The van der Waals surface area contributed by atoms with Crippen molar-refractivity contribution in [1.29, 1.82) is 0 Å². The van der Waals surface area contributed by atoms with Crippen LogP contribution in [0.4, 0.5) is 0 Å². The molecule has 1 heteroatoms. The van der Waals surface area contributed by atoms with Crippen LogP contribution in [-0.4, -0.2) is 4.98 Å². The van der Waals surface area contributed by atoms with Crippen molar-refractivity contribution in [3.05, 3.63) is 29.6 Å². The van der Waals surface area contributed by atoms with E-state index in [1.807, 2.05) is 6.20 Å². The highest BCUT2D eigenvalue weighted by molar-refractivity contribution is 5.13. The van der Waals surface area contributed by atoms with Crippen molar-refractivity contribution in [1.82, 2.24) is 4.98 Å². The molecular formula is C19H31N. The normalized spacial score (nSPS) is 22.9. The summed E-state index contributed by atoms with van der Waals surface area (Å²) in [6.07, 6.45) is 7.28. The van der Waals surface area contributed by atoms with Gasteiger partial charge in [-0.05, 0) is 66.9 Å². The summed E-state index contributed by atoms with van der Waals surface area (Å²) < 4.78 is 0. The molecule has 0 radical (unpaired) electrons. The molecule has 1 saturated carbocycles. The first-order chi connectivity index (χ1) is 9.15. The highest BCUT2D eigenvalue weighted by Gasteiger charge is 2.42. The van der Waals surface area contributed by atoms with Crippen LogP contribution in [0.3, 0.4) is 0 Å². The van der Waals surface area contributed by atoms with E-state index in [1.54, 1.807) is 0 Å². The highest BCUT2D eigenvalue weighted by atomic mass is 14.7. The van der Waals surface area contributed by atoms with Crippen LogP contribution in [0.2, 0.25) is 0 Å². The van der Waals surface area contributed by atoms with Crippen molar-refractivity contribution in [3.63, 3.8) is 0 Å². The van der Waals surface area contributed by atoms with Crippen LogP contribution in [-0.2, 0) is 6.42 Å². The second-order valence-electron chi connectivity index (χ2n) is 8.89. The van der Waals surface area contributed by atoms with E-state index in [9.17, 15) is 0 Å². The SMILES string of the molecule is Cc1ccc(CC(C)(C)CC2CC2CC(C)(C)C)nc1. The molecule has 2 rings (SSSR count). The first kappa shape index (κ1) is 15.5. The van der Waals surface area contributed by atoms with Gasteiger partial charge < -0.3 is 0 Å². The van der Waals surface area contributed by atoms with Crippen LogP contribution >= 0.6 is 0 Å². The van der Waals surface area contributed by atoms with Crippen LogP contribution in [0.1, 0.15) is 65.1 Å². The third-order valence-corrected chi connectivity index (χ3v) is 4.39. The van der Waals surface area contributed by atoms with Crippen molar-refractivity contribution in [3.8, 4) is 0 Å². The van der Waals surface area contributed by atoms with E-state index in [2.05, 4.69) is 58.7 Å². The summed E-state index contributed by atoms with van der Waals surface area (Å²) in [7, 11) is 0. The Bertz CT molecular complexity index is 436. The molecule has 1 nitrogen and oxygen atoms in total. The van der Waals surface area contributed by atoms with Gasteiger partial charge in [0.2, 0.25) is 0 Å². The first-order valence-electron chi connectivity index (χ1n) is 8.06. The van der Waals surface area contributed by atoms with Crippen LogP contribution in [0.15, 0.2) is 18.3 Å². The predicted molar refractivity (Wildman–Crippen MR) is 86.7 cm³/mol. The van der Waals surface area contributed by atoms with Crippen molar-refractivity contribution < 1.29 is 0 Å². The average molecular weight is 273 g/mol. The number of pyridine rings is 1. The first-order valence-corrected chi connectivity index (χ1v) is 8.06. The summed E-state index contributed by atoms with van der Waals surface area (Å²) in [6, 6.07) is 4.37. The summed E-state index contributed by atoms with van der Waals surface area (Å²) in [5.74, 6) is 1.93. The van der Waals surface area contributed by atoms with E-state index in [-0.39, 0.29) is 0 Å². The van der Waals surface area contributed by atoms with Gasteiger partial charge in [0.1, 0.15) is 0 Å². The lowest BCUT2D eigenvalue weighted by Crippen LogP contribution is -2.17. The van der Waals surface area contributed by atoms with E-state index < -0.39 is 0 Å². The molecule has 0 saturated heterocycles. The minimum absolute atomic E-state index is 0.375. The van der Waals surface area contributed by atoms with Gasteiger partial charge in [0, 0.05) is 11.9 Å². The minimum Gasteiger partial charge on any atom is -0.261 e. The van der Waals surface area contributed by atoms with E-state index in [1.165, 1.54) is 30.5 Å². The largest absolute Gasteiger partial charge is 0.261 e. The summed E-state index contributed by atoms with van der Waals surface area (Å²) in [4.78, 5) is 4.57. The van der Waals surface area contributed by atoms with Crippen LogP contribution in [0.25, 0.3) is 0 Å². The molecule has 1 aromatic heterocycles. The average Bonchev–Trinajstić information content (AvgIpc) is 2.95. The molecule has 1 aliphatic rings. The summed E-state index contributed by atoms with van der Waals surface area (Å²) in [6.45, 7) is 14.0. The van der Waals surface area contributed by atoms with Gasteiger partial charge in [-0.3, -0.25) is 4.98 Å². The Hall–Kier alpha value is -0.850. The smallest absolute Gasteiger partial charge is 0.0409 e. The maximum Gasteiger partial charge on any atom is 0.0409 e. The van der Waals surface area contributed by atoms with E-state index >= 15 is 0 Å². The highest BCUT2D eigenvalue weighted by Crippen LogP contribution is 2.51. The Morgan fingerprint density at radius 3 is 2.25 bits per heavy atom. The molecule has 0 N–H and O–H groups in total. The van der Waals surface area contributed by atoms with Crippen molar-refractivity contribution in [2.45, 2.75) is 67.2 Å². The lowest BCUT2D eigenvalue weighted by Gasteiger charge is -2.25. The molecule has 0 aromatic carbocycles. The molecule has 1 aromatic rings. The van der Waals surface area contributed by atoms with Crippen LogP contribution < -0.4 is 0 Å². The van der Waals surface area contributed by atoms with Gasteiger partial charge >= 0.3 is 0 Å². The number of nitrogens with zero attached hydrogens (tertiary/aromatic N) is 1. The zero-order valence-corrected chi connectivity index (χ0v) is 14.2.